The van der Waals surface area contributed by atoms with Crippen LogP contribution in [0.4, 0.5) is 5.69 Å². The Balaban J connectivity index is 1.53. The molecular formula is C25H26ClN3O2. The van der Waals surface area contributed by atoms with Gasteiger partial charge in [-0.25, -0.2) is 0 Å². The largest absolute Gasteiger partial charge is 0.345 e. The van der Waals surface area contributed by atoms with Gasteiger partial charge in [0.1, 0.15) is 0 Å². The molecule has 0 aliphatic rings. The number of para-hydroxylation sites is 1. The summed E-state index contributed by atoms with van der Waals surface area (Å²) in [6, 6.07) is 26.6. The second-order valence-corrected chi connectivity index (χ2v) is 7.74. The van der Waals surface area contributed by atoms with Gasteiger partial charge in [-0.3, -0.25) is 14.5 Å². The van der Waals surface area contributed by atoms with Gasteiger partial charge in [0.25, 0.3) is 0 Å². The van der Waals surface area contributed by atoms with E-state index in [4.69, 9.17) is 11.6 Å². The minimum atomic E-state index is -0.219. The van der Waals surface area contributed by atoms with E-state index in [0.29, 0.717) is 17.3 Å². The Bertz CT molecular complexity index is 956. The summed E-state index contributed by atoms with van der Waals surface area (Å²) >= 11 is 6.08. The van der Waals surface area contributed by atoms with Gasteiger partial charge in [0.2, 0.25) is 11.8 Å². The molecule has 3 rings (SSSR count). The van der Waals surface area contributed by atoms with Gasteiger partial charge in [0, 0.05) is 13.0 Å². The van der Waals surface area contributed by atoms with Gasteiger partial charge in [-0.1, -0.05) is 84.4 Å². The summed E-state index contributed by atoms with van der Waals surface area (Å²) < 4.78 is 0. The minimum absolute atomic E-state index is 0.0731. The first-order valence-electron chi connectivity index (χ1n) is 10.1. The number of halogens is 1. The molecule has 0 radical (unpaired) electrons. The summed E-state index contributed by atoms with van der Waals surface area (Å²) in [5.41, 5.74) is 2.62. The van der Waals surface area contributed by atoms with E-state index in [1.807, 2.05) is 78.7 Å². The maximum atomic E-state index is 12.7. The third kappa shape index (κ3) is 6.95. The molecule has 6 heteroatoms. The summed E-state index contributed by atoms with van der Waals surface area (Å²) in [6.45, 7) is 0.622. The zero-order chi connectivity index (χ0) is 22.1. The molecular weight excluding hydrogens is 410 g/mol. The molecule has 0 saturated heterocycles. The van der Waals surface area contributed by atoms with Crippen LogP contribution in [-0.4, -0.2) is 36.9 Å². The maximum absolute atomic E-state index is 12.7. The van der Waals surface area contributed by atoms with Gasteiger partial charge >= 0.3 is 0 Å². The van der Waals surface area contributed by atoms with Crippen molar-refractivity contribution in [2.24, 2.45) is 0 Å². The van der Waals surface area contributed by atoms with E-state index in [2.05, 4.69) is 10.6 Å². The van der Waals surface area contributed by atoms with Crippen LogP contribution in [0.1, 0.15) is 23.6 Å². The topological polar surface area (TPSA) is 61.4 Å². The zero-order valence-corrected chi connectivity index (χ0v) is 18.2. The first kappa shape index (κ1) is 22.5. The summed E-state index contributed by atoms with van der Waals surface area (Å²) in [7, 11) is 1.81. The van der Waals surface area contributed by atoms with Crippen LogP contribution in [0.2, 0.25) is 5.02 Å². The average molecular weight is 436 g/mol. The van der Waals surface area contributed by atoms with E-state index in [-0.39, 0.29) is 30.8 Å². The van der Waals surface area contributed by atoms with Crippen LogP contribution in [0.5, 0.6) is 0 Å². The van der Waals surface area contributed by atoms with E-state index in [9.17, 15) is 9.59 Å². The van der Waals surface area contributed by atoms with Crippen LogP contribution in [0.25, 0.3) is 0 Å². The highest BCUT2D eigenvalue weighted by atomic mass is 35.5. The SMILES string of the molecule is CN(CCC(=O)NC(c1ccccc1)c1ccccc1)CC(=O)Nc1ccccc1Cl. The van der Waals surface area contributed by atoms with Gasteiger partial charge in [0.15, 0.2) is 0 Å². The van der Waals surface area contributed by atoms with Gasteiger partial charge in [0.05, 0.1) is 23.3 Å². The molecule has 0 bridgehead atoms. The van der Waals surface area contributed by atoms with Gasteiger partial charge in [-0.15, -0.1) is 0 Å². The molecule has 2 N–H and O–H groups in total. The number of carbonyl (C=O) groups excluding carboxylic acids is 2. The lowest BCUT2D eigenvalue weighted by molar-refractivity contribution is -0.122. The Morgan fingerprint density at radius 2 is 1.39 bits per heavy atom. The molecule has 0 aromatic heterocycles. The first-order valence-corrected chi connectivity index (χ1v) is 10.5. The Morgan fingerprint density at radius 3 is 1.97 bits per heavy atom. The Morgan fingerprint density at radius 1 is 0.839 bits per heavy atom. The molecule has 0 atom stereocenters. The van der Waals surface area contributed by atoms with Crippen LogP contribution < -0.4 is 10.6 Å². The fourth-order valence-electron chi connectivity index (χ4n) is 3.25. The second kappa shape index (κ2) is 11.3. The lowest BCUT2D eigenvalue weighted by Gasteiger charge is -2.21. The Labute approximate surface area is 188 Å². The summed E-state index contributed by atoms with van der Waals surface area (Å²) in [5, 5.41) is 6.40. The predicted octanol–water partition coefficient (Wildman–Crippen LogP) is 4.51. The van der Waals surface area contributed by atoms with Crippen LogP contribution in [-0.2, 0) is 9.59 Å². The van der Waals surface area contributed by atoms with Crippen LogP contribution >= 0.6 is 11.6 Å². The van der Waals surface area contributed by atoms with Crippen molar-refractivity contribution in [1.82, 2.24) is 10.2 Å². The molecule has 3 aromatic carbocycles. The first-order chi connectivity index (χ1) is 15.0. The van der Waals surface area contributed by atoms with Crippen LogP contribution in [0, 0.1) is 0 Å². The quantitative estimate of drug-likeness (QED) is 0.520. The third-order valence-corrected chi connectivity index (χ3v) is 5.18. The van der Waals surface area contributed by atoms with Crippen molar-refractivity contribution in [2.45, 2.75) is 12.5 Å². The maximum Gasteiger partial charge on any atom is 0.238 e. The lowest BCUT2D eigenvalue weighted by Crippen LogP contribution is -2.35. The van der Waals surface area contributed by atoms with Crippen molar-refractivity contribution >= 4 is 29.1 Å². The molecule has 0 spiro atoms. The zero-order valence-electron chi connectivity index (χ0n) is 17.4. The number of likely N-dealkylation sites (N-methyl/N-ethyl adjacent to an activating group) is 1. The molecule has 0 saturated carbocycles. The van der Waals surface area contributed by atoms with E-state index in [1.54, 1.807) is 18.2 Å². The smallest absolute Gasteiger partial charge is 0.238 e. The Kier molecular flexibility index (Phi) is 8.21. The highest BCUT2D eigenvalue weighted by molar-refractivity contribution is 6.33. The van der Waals surface area contributed by atoms with Crippen molar-refractivity contribution in [3.63, 3.8) is 0 Å². The number of nitrogens with one attached hydrogen (secondary N) is 2. The normalized spacial score (nSPS) is 10.8. The minimum Gasteiger partial charge on any atom is -0.345 e. The molecule has 160 valence electrons. The molecule has 3 aromatic rings. The van der Waals surface area contributed by atoms with Crippen LogP contribution in [0.15, 0.2) is 84.9 Å². The molecule has 31 heavy (non-hydrogen) atoms. The third-order valence-electron chi connectivity index (χ3n) is 4.85. The molecule has 0 aliphatic carbocycles. The number of nitrogens with zero attached hydrogens (tertiary/aromatic N) is 1. The Hall–Kier alpha value is -3.15. The molecule has 0 unspecified atom stereocenters. The number of anilines is 1. The van der Waals surface area contributed by atoms with Crippen molar-refractivity contribution < 1.29 is 9.59 Å². The monoisotopic (exact) mass is 435 g/mol. The summed E-state index contributed by atoms with van der Waals surface area (Å²) in [4.78, 5) is 26.7. The number of carbonyl (C=O) groups is 2. The van der Waals surface area contributed by atoms with Crippen molar-refractivity contribution in [3.05, 3.63) is 101 Å². The number of hydrogen-bond acceptors (Lipinski definition) is 3. The predicted molar refractivity (Wildman–Crippen MR) is 125 cm³/mol. The molecule has 0 fully saturated rings. The van der Waals surface area contributed by atoms with Gasteiger partial charge in [-0.05, 0) is 30.3 Å². The van der Waals surface area contributed by atoms with E-state index in [0.717, 1.165) is 11.1 Å². The summed E-state index contributed by atoms with van der Waals surface area (Å²) in [6.07, 6.45) is 0.284. The lowest BCUT2D eigenvalue weighted by atomic mass is 9.98. The highest BCUT2D eigenvalue weighted by Gasteiger charge is 2.17. The molecule has 2 amide bonds. The fraction of sp³-hybridized carbons (Fsp3) is 0.200. The van der Waals surface area contributed by atoms with Gasteiger partial charge < -0.3 is 10.6 Å². The van der Waals surface area contributed by atoms with E-state index >= 15 is 0 Å². The summed E-state index contributed by atoms with van der Waals surface area (Å²) in [5.74, 6) is -0.251. The van der Waals surface area contributed by atoms with Gasteiger partial charge in [-0.2, -0.15) is 0 Å². The van der Waals surface area contributed by atoms with Crippen molar-refractivity contribution in [3.8, 4) is 0 Å². The molecule has 0 heterocycles. The standard InChI is InChI=1S/C25H26ClN3O2/c1-29(18-24(31)27-22-15-9-8-14-21(22)26)17-16-23(30)28-25(19-10-4-2-5-11-19)20-12-6-3-7-13-20/h2-15,25H,16-18H2,1H3,(H,27,31)(H,28,30). The second-order valence-electron chi connectivity index (χ2n) is 7.34. The molecule has 5 nitrogen and oxygen atoms in total. The molecule has 0 aliphatic heterocycles. The highest BCUT2D eigenvalue weighted by Crippen LogP contribution is 2.22. The number of benzene rings is 3. The van der Waals surface area contributed by atoms with E-state index in [1.165, 1.54) is 0 Å². The average Bonchev–Trinajstić information content (AvgIpc) is 2.79. The van der Waals surface area contributed by atoms with Crippen molar-refractivity contribution in [2.75, 3.05) is 25.5 Å². The fourth-order valence-corrected chi connectivity index (χ4v) is 3.44. The van der Waals surface area contributed by atoms with E-state index < -0.39 is 0 Å². The van der Waals surface area contributed by atoms with Crippen LogP contribution in [0.3, 0.4) is 0 Å². The number of hydrogen-bond donors (Lipinski definition) is 2. The number of amides is 2. The number of rotatable bonds is 9. The van der Waals surface area contributed by atoms with Crippen molar-refractivity contribution in [1.29, 1.82) is 0 Å².